The molecule has 0 atom stereocenters. The fourth-order valence-electron chi connectivity index (χ4n) is 4.49. The minimum Gasteiger partial charge on any atom is -0.455 e. The van der Waals surface area contributed by atoms with Gasteiger partial charge in [0.15, 0.2) is 6.61 Å². The minimum absolute atomic E-state index is 0.266. The number of nitrogens with zero attached hydrogens (tertiary/aromatic N) is 1. The van der Waals surface area contributed by atoms with E-state index in [1.807, 2.05) is 36.4 Å². The van der Waals surface area contributed by atoms with Crippen molar-refractivity contribution in [1.82, 2.24) is 9.62 Å². The molecule has 176 valence electrons. The molecule has 0 saturated carbocycles. The van der Waals surface area contributed by atoms with Crippen LogP contribution in [0.5, 0.6) is 0 Å². The number of carbonyl (C=O) groups excluding carboxylic acids is 2. The average Bonchev–Trinajstić information content (AvgIpc) is 3.31. The third-order valence-electron chi connectivity index (χ3n) is 6.42. The van der Waals surface area contributed by atoms with Crippen molar-refractivity contribution < 1.29 is 22.7 Å². The molecule has 1 amide bonds. The molecule has 1 aliphatic heterocycles. The molecule has 1 saturated heterocycles. The van der Waals surface area contributed by atoms with Gasteiger partial charge in [0.05, 0.1) is 10.8 Å². The molecule has 8 heteroatoms. The van der Waals surface area contributed by atoms with Gasteiger partial charge in [0, 0.05) is 19.6 Å². The highest BCUT2D eigenvalue weighted by atomic mass is 32.2. The third kappa shape index (κ3) is 5.81. The second-order valence-corrected chi connectivity index (χ2v) is 10.6. The summed E-state index contributed by atoms with van der Waals surface area (Å²) in [6, 6.07) is 15.2. The molecule has 0 aromatic heterocycles. The standard InChI is InChI=1S/C25H30N2O5S/c28-24(26-14-11-19-5-2-1-3-6-19)18-32-25(29)21-12-15-27(16-13-21)33(30,31)23-10-9-20-7-4-8-22(20)17-23/h1-3,5-6,9-10,17,21H,4,7-8,11-16,18H2,(H,26,28). The summed E-state index contributed by atoms with van der Waals surface area (Å²) >= 11 is 0. The normalized spacial score (nSPS) is 16.8. The van der Waals surface area contributed by atoms with Gasteiger partial charge in [-0.3, -0.25) is 9.59 Å². The van der Waals surface area contributed by atoms with Crippen LogP contribution in [0.3, 0.4) is 0 Å². The molecule has 1 N–H and O–H groups in total. The van der Waals surface area contributed by atoms with E-state index in [9.17, 15) is 18.0 Å². The zero-order valence-electron chi connectivity index (χ0n) is 18.7. The average molecular weight is 471 g/mol. The molecule has 2 aromatic carbocycles. The molecule has 2 aromatic rings. The Morgan fingerprint density at radius 1 is 1.00 bits per heavy atom. The summed E-state index contributed by atoms with van der Waals surface area (Å²) in [4.78, 5) is 24.7. The van der Waals surface area contributed by atoms with Gasteiger partial charge in [-0.15, -0.1) is 0 Å². The second-order valence-electron chi connectivity index (χ2n) is 8.66. The van der Waals surface area contributed by atoms with E-state index < -0.39 is 21.9 Å². The summed E-state index contributed by atoms with van der Waals surface area (Å²) in [5, 5.41) is 2.75. The van der Waals surface area contributed by atoms with E-state index in [0.29, 0.717) is 30.7 Å². The van der Waals surface area contributed by atoms with Gasteiger partial charge in [-0.25, -0.2) is 8.42 Å². The largest absolute Gasteiger partial charge is 0.455 e. The van der Waals surface area contributed by atoms with Crippen LogP contribution in [0.1, 0.15) is 36.0 Å². The number of carbonyl (C=O) groups is 2. The number of aryl methyl sites for hydroxylation is 2. The number of amides is 1. The second kappa shape index (κ2) is 10.5. The number of hydrogen-bond donors (Lipinski definition) is 1. The maximum atomic E-state index is 13.0. The molecule has 4 rings (SSSR count). The van der Waals surface area contributed by atoms with E-state index in [1.54, 1.807) is 12.1 Å². The molecule has 1 heterocycles. The lowest BCUT2D eigenvalue weighted by atomic mass is 9.98. The van der Waals surface area contributed by atoms with Crippen LogP contribution in [0.4, 0.5) is 0 Å². The molecular weight excluding hydrogens is 440 g/mol. The quantitative estimate of drug-likeness (QED) is 0.599. The highest BCUT2D eigenvalue weighted by Crippen LogP contribution is 2.28. The zero-order chi connectivity index (χ0) is 23.3. The number of fused-ring (bicyclic) bond motifs is 1. The van der Waals surface area contributed by atoms with Crippen molar-refractivity contribution >= 4 is 21.9 Å². The lowest BCUT2D eigenvalue weighted by Crippen LogP contribution is -2.41. The molecule has 0 radical (unpaired) electrons. The molecule has 7 nitrogen and oxygen atoms in total. The van der Waals surface area contributed by atoms with Gasteiger partial charge in [0.25, 0.3) is 5.91 Å². The smallest absolute Gasteiger partial charge is 0.309 e. The molecule has 1 aliphatic carbocycles. The number of hydrogen-bond acceptors (Lipinski definition) is 5. The van der Waals surface area contributed by atoms with E-state index in [-0.39, 0.29) is 25.6 Å². The maximum Gasteiger partial charge on any atom is 0.309 e. The summed E-state index contributed by atoms with van der Waals surface area (Å²) in [5.41, 5.74) is 3.48. The predicted molar refractivity (Wildman–Crippen MR) is 124 cm³/mol. The summed E-state index contributed by atoms with van der Waals surface area (Å²) in [6.45, 7) is 0.686. The van der Waals surface area contributed by atoms with E-state index in [1.165, 1.54) is 9.87 Å². The summed E-state index contributed by atoms with van der Waals surface area (Å²) < 4.78 is 32.7. The summed E-state index contributed by atoms with van der Waals surface area (Å²) in [6.07, 6.45) is 4.48. The Bertz CT molecular complexity index is 1090. The van der Waals surface area contributed by atoms with Gasteiger partial charge < -0.3 is 10.1 Å². The van der Waals surface area contributed by atoms with Crippen LogP contribution >= 0.6 is 0 Å². The number of sulfonamides is 1. The Morgan fingerprint density at radius 2 is 1.73 bits per heavy atom. The Balaban J connectivity index is 1.20. The van der Waals surface area contributed by atoms with Crippen molar-refractivity contribution in [2.24, 2.45) is 5.92 Å². The van der Waals surface area contributed by atoms with E-state index in [2.05, 4.69) is 5.32 Å². The summed E-state index contributed by atoms with van der Waals surface area (Å²) in [5.74, 6) is -1.17. The first kappa shape index (κ1) is 23.4. The van der Waals surface area contributed by atoms with Crippen LogP contribution in [0.15, 0.2) is 53.4 Å². The van der Waals surface area contributed by atoms with Gasteiger partial charge in [0.1, 0.15) is 0 Å². The number of piperidine rings is 1. The van der Waals surface area contributed by atoms with Gasteiger partial charge >= 0.3 is 5.97 Å². The monoisotopic (exact) mass is 470 g/mol. The van der Waals surface area contributed by atoms with Crippen molar-refractivity contribution in [2.45, 2.75) is 43.4 Å². The van der Waals surface area contributed by atoms with Gasteiger partial charge in [-0.2, -0.15) is 4.31 Å². The van der Waals surface area contributed by atoms with Crippen LogP contribution in [-0.4, -0.2) is 50.8 Å². The first-order chi connectivity index (χ1) is 15.9. The number of ether oxygens (including phenoxy) is 1. The molecule has 0 spiro atoms. The zero-order valence-corrected chi connectivity index (χ0v) is 19.5. The molecule has 0 bridgehead atoms. The van der Waals surface area contributed by atoms with Crippen LogP contribution < -0.4 is 5.32 Å². The van der Waals surface area contributed by atoms with Gasteiger partial charge in [-0.05, 0) is 67.3 Å². The van der Waals surface area contributed by atoms with Crippen molar-refractivity contribution in [3.63, 3.8) is 0 Å². The van der Waals surface area contributed by atoms with E-state index >= 15 is 0 Å². The first-order valence-corrected chi connectivity index (χ1v) is 13.0. The van der Waals surface area contributed by atoms with E-state index in [0.717, 1.165) is 30.4 Å². The molecule has 0 unspecified atom stereocenters. The first-order valence-electron chi connectivity index (χ1n) is 11.5. The minimum atomic E-state index is -3.57. The van der Waals surface area contributed by atoms with Crippen molar-refractivity contribution in [1.29, 1.82) is 0 Å². The van der Waals surface area contributed by atoms with Crippen molar-refractivity contribution in [2.75, 3.05) is 26.2 Å². The van der Waals surface area contributed by atoms with Crippen molar-refractivity contribution in [3.05, 3.63) is 65.2 Å². The lowest BCUT2D eigenvalue weighted by molar-refractivity contribution is -0.153. The number of nitrogens with one attached hydrogen (secondary N) is 1. The highest BCUT2D eigenvalue weighted by molar-refractivity contribution is 7.89. The highest BCUT2D eigenvalue weighted by Gasteiger charge is 2.33. The van der Waals surface area contributed by atoms with Crippen LogP contribution in [0, 0.1) is 5.92 Å². The van der Waals surface area contributed by atoms with E-state index in [4.69, 9.17) is 4.74 Å². The lowest BCUT2D eigenvalue weighted by Gasteiger charge is -2.30. The third-order valence-corrected chi connectivity index (χ3v) is 8.31. The molecule has 2 aliphatic rings. The Hall–Kier alpha value is -2.71. The summed E-state index contributed by atoms with van der Waals surface area (Å²) in [7, 11) is -3.57. The Kier molecular flexibility index (Phi) is 7.45. The topological polar surface area (TPSA) is 92.8 Å². The van der Waals surface area contributed by atoms with Crippen molar-refractivity contribution in [3.8, 4) is 0 Å². The van der Waals surface area contributed by atoms with Crippen LogP contribution in [-0.2, 0) is 43.6 Å². The Morgan fingerprint density at radius 3 is 2.48 bits per heavy atom. The van der Waals surface area contributed by atoms with Crippen LogP contribution in [0.25, 0.3) is 0 Å². The van der Waals surface area contributed by atoms with Gasteiger partial charge in [-0.1, -0.05) is 36.4 Å². The fraction of sp³-hybridized carbons (Fsp3) is 0.440. The van der Waals surface area contributed by atoms with Crippen LogP contribution in [0.2, 0.25) is 0 Å². The molecule has 1 fully saturated rings. The predicted octanol–water partition coefficient (Wildman–Crippen LogP) is 2.48. The Labute approximate surface area is 195 Å². The SMILES string of the molecule is O=C(COC(=O)C1CCN(S(=O)(=O)c2ccc3c(c2)CCC3)CC1)NCCc1ccccc1. The maximum absolute atomic E-state index is 13.0. The number of benzene rings is 2. The molecule has 33 heavy (non-hydrogen) atoms. The number of esters is 1. The fourth-order valence-corrected chi connectivity index (χ4v) is 6.01. The number of rotatable bonds is 8. The molecular formula is C25H30N2O5S. The van der Waals surface area contributed by atoms with Gasteiger partial charge in [0.2, 0.25) is 10.0 Å².